The lowest BCUT2D eigenvalue weighted by molar-refractivity contribution is -0.138. The molecule has 1 heterocycles. The molecule has 160 valence electrons. The molecule has 1 aliphatic heterocycles. The van der Waals surface area contributed by atoms with Crippen molar-refractivity contribution in [3.8, 4) is 5.75 Å². The van der Waals surface area contributed by atoms with Gasteiger partial charge in [-0.15, -0.1) is 0 Å². The Labute approximate surface area is 193 Å². The Morgan fingerprint density at radius 3 is 2.48 bits per heavy atom. The maximum atomic E-state index is 12.6. The van der Waals surface area contributed by atoms with Crippen LogP contribution in [-0.4, -0.2) is 35.7 Å². The van der Waals surface area contributed by atoms with E-state index in [9.17, 15) is 14.7 Å². The van der Waals surface area contributed by atoms with Gasteiger partial charge in [-0.2, -0.15) is 0 Å². The average Bonchev–Trinajstić information content (AvgIpc) is 3.05. The van der Waals surface area contributed by atoms with Gasteiger partial charge in [-0.25, -0.2) is 9.79 Å². The predicted molar refractivity (Wildman–Crippen MR) is 123 cm³/mol. The number of amides is 1. The number of carbonyl (C=O) groups is 2. The van der Waals surface area contributed by atoms with Crippen molar-refractivity contribution in [2.75, 3.05) is 13.7 Å². The van der Waals surface area contributed by atoms with Gasteiger partial charge in [0.15, 0.2) is 0 Å². The first kappa shape index (κ1) is 22.9. The third-order valence-corrected chi connectivity index (χ3v) is 5.74. The summed E-state index contributed by atoms with van der Waals surface area (Å²) in [5, 5.41) is 11.6. The number of nitrogens with zero attached hydrogens (tertiary/aromatic N) is 1. The molecule has 0 aliphatic carbocycles. The molecule has 0 saturated heterocycles. The Balaban J connectivity index is 2.00. The van der Waals surface area contributed by atoms with Crippen molar-refractivity contribution in [2.45, 2.75) is 6.92 Å². The first-order chi connectivity index (χ1) is 14.8. The summed E-state index contributed by atoms with van der Waals surface area (Å²) < 4.78 is 10.1. The van der Waals surface area contributed by atoms with Crippen molar-refractivity contribution in [3.63, 3.8) is 0 Å². The van der Waals surface area contributed by atoms with Crippen LogP contribution in [0, 0.1) is 0 Å². The number of rotatable bonds is 5. The highest BCUT2D eigenvalue weighted by Crippen LogP contribution is 2.40. The van der Waals surface area contributed by atoms with E-state index in [1.54, 1.807) is 55.5 Å². The van der Waals surface area contributed by atoms with Gasteiger partial charge in [0.25, 0.3) is 5.91 Å². The van der Waals surface area contributed by atoms with Gasteiger partial charge in [-0.1, -0.05) is 41.0 Å². The predicted octanol–water partition coefficient (Wildman–Crippen LogP) is 5.70. The van der Waals surface area contributed by atoms with Gasteiger partial charge < -0.3 is 14.6 Å². The topological polar surface area (TPSA) is 85.2 Å². The number of carbonyl (C=O) groups excluding carboxylic acids is 2. The van der Waals surface area contributed by atoms with Crippen LogP contribution < -0.4 is 4.74 Å². The molecule has 0 aromatic heterocycles. The van der Waals surface area contributed by atoms with Gasteiger partial charge in [-0.3, -0.25) is 4.79 Å². The average molecular weight is 478 g/mol. The normalized spacial score (nSPS) is 16.1. The van der Waals surface area contributed by atoms with Crippen LogP contribution in [0.1, 0.15) is 22.8 Å². The summed E-state index contributed by atoms with van der Waals surface area (Å²) in [6, 6.07) is 11.3. The highest BCUT2D eigenvalue weighted by atomic mass is 35.5. The second-order valence-electron chi connectivity index (χ2n) is 6.17. The largest absolute Gasteiger partial charge is 0.506 e. The number of benzene rings is 2. The summed E-state index contributed by atoms with van der Waals surface area (Å²) in [6.45, 7) is 1.74. The zero-order valence-corrected chi connectivity index (χ0v) is 18.8. The van der Waals surface area contributed by atoms with Crippen molar-refractivity contribution < 1.29 is 24.2 Å². The van der Waals surface area contributed by atoms with E-state index in [0.717, 1.165) is 11.8 Å². The van der Waals surface area contributed by atoms with Gasteiger partial charge in [-0.05, 0) is 55.0 Å². The number of halogens is 2. The first-order valence-electron chi connectivity index (χ1n) is 9.06. The van der Waals surface area contributed by atoms with E-state index in [0.29, 0.717) is 31.8 Å². The summed E-state index contributed by atoms with van der Waals surface area (Å²) in [5.74, 6) is -1.10. The molecule has 0 bridgehead atoms. The molecular weight excluding hydrogens is 461 g/mol. The van der Waals surface area contributed by atoms with Crippen molar-refractivity contribution in [2.24, 2.45) is 4.99 Å². The van der Waals surface area contributed by atoms with Crippen LogP contribution in [-0.2, 0) is 9.53 Å². The molecular formula is C22H17Cl2NO5S. The Hall–Kier alpha value is -2.74. The van der Waals surface area contributed by atoms with Crippen LogP contribution in [0.15, 0.2) is 63.7 Å². The number of aliphatic hydroxyl groups excluding tert-OH is 1. The van der Waals surface area contributed by atoms with E-state index in [1.807, 2.05) is 0 Å². The molecule has 2 aromatic carbocycles. The third-order valence-electron chi connectivity index (χ3n) is 4.16. The Morgan fingerprint density at radius 2 is 1.87 bits per heavy atom. The van der Waals surface area contributed by atoms with E-state index >= 15 is 0 Å². The summed E-state index contributed by atoms with van der Waals surface area (Å²) >= 11 is 13.1. The Kier molecular flexibility index (Phi) is 7.43. The monoisotopic (exact) mass is 477 g/mol. The molecule has 31 heavy (non-hydrogen) atoms. The molecule has 6 nitrogen and oxygen atoms in total. The third kappa shape index (κ3) is 5.31. The van der Waals surface area contributed by atoms with Crippen LogP contribution in [0.4, 0.5) is 0 Å². The van der Waals surface area contributed by atoms with E-state index in [4.69, 9.17) is 32.7 Å². The minimum atomic E-state index is -0.778. The van der Waals surface area contributed by atoms with E-state index in [-0.39, 0.29) is 23.0 Å². The van der Waals surface area contributed by atoms with Crippen LogP contribution >= 0.6 is 35.0 Å². The molecule has 0 unspecified atom stereocenters. The number of methoxy groups -OCH3 is 1. The molecule has 0 saturated carbocycles. The maximum absolute atomic E-state index is 12.6. The zero-order chi connectivity index (χ0) is 22.5. The molecule has 0 radical (unpaired) electrons. The number of hydrogen-bond acceptors (Lipinski definition) is 6. The van der Waals surface area contributed by atoms with Crippen LogP contribution in [0.25, 0.3) is 6.08 Å². The lowest BCUT2D eigenvalue weighted by Gasteiger charge is -2.04. The fourth-order valence-corrected chi connectivity index (χ4v) is 4.11. The first-order valence-corrected chi connectivity index (χ1v) is 10.6. The fraction of sp³-hybridized carbons (Fsp3) is 0.136. The number of ether oxygens (including phenoxy) is 2. The molecule has 2 aromatic rings. The van der Waals surface area contributed by atoms with Gasteiger partial charge >= 0.3 is 5.97 Å². The van der Waals surface area contributed by atoms with Crippen molar-refractivity contribution in [1.82, 2.24) is 0 Å². The molecule has 9 heteroatoms. The second-order valence-corrected chi connectivity index (χ2v) is 8.05. The minimum absolute atomic E-state index is 0.0353. The highest BCUT2D eigenvalue weighted by Gasteiger charge is 2.34. The van der Waals surface area contributed by atoms with Crippen LogP contribution in [0.3, 0.4) is 0 Å². The number of aliphatic imine (C=N–C) groups is 1. The second kappa shape index (κ2) is 10.0. The fourth-order valence-electron chi connectivity index (χ4n) is 2.64. The number of hydrogen-bond donors (Lipinski definition) is 1. The van der Waals surface area contributed by atoms with E-state index in [1.165, 1.54) is 7.11 Å². The highest BCUT2D eigenvalue weighted by molar-refractivity contribution is 8.18. The molecule has 0 fully saturated rings. The molecule has 1 aliphatic rings. The zero-order valence-electron chi connectivity index (χ0n) is 16.5. The lowest BCUT2D eigenvalue weighted by atomic mass is 10.1. The Bertz CT molecular complexity index is 1120. The van der Waals surface area contributed by atoms with E-state index in [2.05, 4.69) is 4.99 Å². The number of esters is 1. The number of aliphatic hydroxyl groups is 1. The molecule has 0 atom stereocenters. The molecule has 1 N–H and O–H groups in total. The van der Waals surface area contributed by atoms with Crippen LogP contribution in [0.5, 0.6) is 5.75 Å². The van der Waals surface area contributed by atoms with Gasteiger partial charge in [0, 0.05) is 15.6 Å². The van der Waals surface area contributed by atoms with Crippen LogP contribution in [0.2, 0.25) is 10.0 Å². The maximum Gasteiger partial charge on any atom is 0.344 e. The molecule has 1 amide bonds. The van der Waals surface area contributed by atoms with Gasteiger partial charge in [0.2, 0.25) is 0 Å². The summed E-state index contributed by atoms with van der Waals surface area (Å²) in [5.41, 5.74) is 0.700. The molecule has 3 rings (SSSR count). The van der Waals surface area contributed by atoms with Crippen molar-refractivity contribution in [3.05, 3.63) is 79.9 Å². The Morgan fingerprint density at radius 1 is 1.16 bits per heavy atom. The van der Waals surface area contributed by atoms with Gasteiger partial charge in [0.05, 0.1) is 18.6 Å². The van der Waals surface area contributed by atoms with Gasteiger partial charge in [0.1, 0.15) is 22.1 Å². The summed E-state index contributed by atoms with van der Waals surface area (Å²) in [7, 11) is 1.52. The number of thioether (sulfide) groups is 1. The SMILES string of the molecule is CCOC(=O)C1=C(O)/C(=C/c2ccc(Cl)cc2Cl)SC1=NC(=O)c1ccc(OC)cc1. The van der Waals surface area contributed by atoms with Crippen molar-refractivity contribution in [1.29, 1.82) is 0 Å². The summed E-state index contributed by atoms with van der Waals surface area (Å²) in [4.78, 5) is 29.4. The molecule has 0 spiro atoms. The lowest BCUT2D eigenvalue weighted by Crippen LogP contribution is -2.14. The smallest absolute Gasteiger partial charge is 0.344 e. The minimum Gasteiger partial charge on any atom is -0.506 e. The standard InChI is InChI=1S/C22H17Cl2NO5S/c1-3-30-22(28)18-19(26)17(10-13-4-7-14(23)11-16(13)24)31-21(18)25-20(27)12-5-8-15(29-2)9-6-12/h4-11,26H,3H2,1-2H3/b17-10-,25-21?. The van der Waals surface area contributed by atoms with E-state index < -0.39 is 11.9 Å². The summed E-state index contributed by atoms with van der Waals surface area (Å²) in [6.07, 6.45) is 1.58. The van der Waals surface area contributed by atoms with Crippen molar-refractivity contribution >= 4 is 58.0 Å². The quantitative estimate of drug-likeness (QED) is 0.555.